The fraction of sp³-hybridized carbons (Fsp3) is 0.0833. The van der Waals surface area contributed by atoms with Gasteiger partial charge in [0.05, 0.1) is 11.9 Å². The van der Waals surface area contributed by atoms with Crippen molar-refractivity contribution >= 4 is 44.1 Å². The molecule has 0 aliphatic heterocycles. The fourth-order valence-corrected chi connectivity index (χ4v) is 4.13. The molecule has 0 fully saturated rings. The van der Waals surface area contributed by atoms with Gasteiger partial charge in [0.15, 0.2) is 0 Å². The lowest BCUT2D eigenvalue weighted by atomic mass is 10.0. The number of aromatic nitrogens is 1. The first-order valence-corrected chi connectivity index (χ1v) is 12.2. The standard InChI is InChI=1S/C24H20F2N4O4S/c1-27-23(31)15-7-14(19-6-4-16(25)11-20(19)26)8-18(9-15)28-24(32)22-10-13-3-5-17(12-21(13)29-22)30-35(2,33)34/h3-12,29-30H,1-2H3,(H,27,31)(H,28,32). The molecule has 4 N–H and O–H groups in total. The second-order valence-corrected chi connectivity index (χ2v) is 9.56. The Balaban J connectivity index is 1.67. The lowest BCUT2D eigenvalue weighted by Gasteiger charge is -2.11. The average molecular weight is 499 g/mol. The van der Waals surface area contributed by atoms with Crippen molar-refractivity contribution in [1.29, 1.82) is 0 Å². The zero-order chi connectivity index (χ0) is 25.3. The van der Waals surface area contributed by atoms with E-state index in [1.54, 1.807) is 24.3 Å². The topological polar surface area (TPSA) is 120 Å². The van der Waals surface area contributed by atoms with Gasteiger partial charge in [0.2, 0.25) is 10.0 Å². The number of aromatic amines is 1. The number of fused-ring (bicyclic) bond motifs is 1. The molecule has 180 valence electrons. The average Bonchev–Trinajstić information content (AvgIpc) is 3.21. The van der Waals surface area contributed by atoms with E-state index in [2.05, 4.69) is 20.3 Å². The molecule has 0 saturated heterocycles. The quantitative estimate of drug-likeness (QED) is 0.320. The Labute approximate surface area is 199 Å². The van der Waals surface area contributed by atoms with Crippen molar-refractivity contribution in [2.24, 2.45) is 0 Å². The van der Waals surface area contributed by atoms with Gasteiger partial charge in [-0.3, -0.25) is 14.3 Å². The zero-order valence-electron chi connectivity index (χ0n) is 18.6. The molecule has 4 rings (SSSR count). The first-order valence-electron chi connectivity index (χ1n) is 10.3. The third-order valence-corrected chi connectivity index (χ3v) is 5.70. The third-order valence-electron chi connectivity index (χ3n) is 5.09. The number of amides is 2. The number of carbonyl (C=O) groups is 2. The van der Waals surface area contributed by atoms with Crippen molar-refractivity contribution in [2.75, 3.05) is 23.3 Å². The second-order valence-electron chi connectivity index (χ2n) is 7.82. The van der Waals surface area contributed by atoms with E-state index >= 15 is 0 Å². The van der Waals surface area contributed by atoms with E-state index in [9.17, 15) is 26.8 Å². The number of halogens is 2. The minimum absolute atomic E-state index is 0.0594. The van der Waals surface area contributed by atoms with Crippen molar-refractivity contribution in [3.63, 3.8) is 0 Å². The Morgan fingerprint density at radius 3 is 2.34 bits per heavy atom. The van der Waals surface area contributed by atoms with Crippen LogP contribution in [0.25, 0.3) is 22.0 Å². The number of hydrogen-bond donors (Lipinski definition) is 4. The van der Waals surface area contributed by atoms with Crippen molar-refractivity contribution in [3.05, 3.63) is 83.6 Å². The molecule has 8 nitrogen and oxygen atoms in total. The molecule has 0 saturated carbocycles. The van der Waals surface area contributed by atoms with E-state index in [4.69, 9.17) is 0 Å². The van der Waals surface area contributed by atoms with E-state index in [-0.39, 0.29) is 28.1 Å². The molecular formula is C24H20F2N4O4S. The normalized spacial score (nSPS) is 11.3. The number of hydrogen-bond acceptors (Lipinski definition) is 4. The molecular weight excluding hydrogens is 478 g/mol. The molecule has 0 spiro atoms. The molecule has 35 heavy (non-hydrogen) atoms. The van der Waals surface area contributed by atoms with Crippen LogP contribution in [0, 0.1) is 11.6 Å². The summed E-state index contributed by atoms with van der Waals surface area (Å²) < 4.78 is 53.0. The molecule has 2 amide bonds. The summed E-state index contributed by atoms with van der Waals surface area (Å²) >= 11 is 0. The van der Waals surface area contributed by atoms with Crippen molar-refractivity contribution in [1.82, 2.24) is 10.3 Å². The fourth-order valence-electron chi connectivity index (χ4n) is 3.58. The highest BCUT2D eigenvalue weighted by atomic mass is 32.2. The molecule has 1 aromatic heterocycles. The van der Waals surface area contributed by atoms with E-state index < -0.39 is 33.5 Å². The maximum absolute atomic E-state index is 14.4. The minimum Gasteiger partial charge on any atom is -0.355 e. The first-order chi connectivity index (χ1) is 16.5. The monoisotopic (exact) mass is 498 g/mol. The third kappa shape index (κ3) is 5.46. The van der Waals surface area contributed by atoms with Gasteiger partial charge in [-0.15, -0.1) is 0 Å². The largest absolute Gasteiger partial charge is 0.355 e. The van der Waals surface area contributed by atoms with Gasteiger partial charge in [0.25, 0.3) is 11.8 Å². The van der Waals surface area contributed by atoms with Crippen LogP contribution in [0.4, 0.5) is 20.2 Å². The van der Waals surface area contributed by atoms with Gasteiger partial charge in [-0.05, 0) is 54.1 Å². The van der Waals surface area contributed by atoms with Crippen LogP contribution in [0.5, 0.6) is 0 Å². The SMILES string of the molecule is CNC(=O)c1cc(NC(=O)c2cc3ccc(NS(C)(=O)=O)cc3[nH]2)cc(-c2ccc(F)cc2F)c1. The summed E-state index contributed by atoms with van der Waals surface area (Å²) in [6.45, 7) is 0. The first kappa shape index (κ1) is 23.9. The Hall–Kier alpha value is -4.25. The van der Waals surface area contributed by atoms with Crippen LogP contribution < -0.4 is 15.4 Å². The van der Waals surface area contributed by atoms with Gasteiger partial charge >= 0.3 is 0 Å². The second kappa shape index (κ2) is 9.18. The lowest BCUT2D eigenvalue weighted by molar-refractivity contribution is 0.0961. The molecule has 0 radical (unpaired) electrons. The van der Waals surface area contributed by atoms with Crippen LogP contribution in [0.2, 0.25) is 0 Å². The number of nitrogens with one attached hydrogen (secondary N) is 4. The van der Waals surface area contributed by atoms with Crippen LogP contribution in [-0.2, 0) is 10.0 Å². The molecule has 3 aromatic carbocycles. The van der Waals surface area contributed by atoms with Crippen molar-refractivity contribution in [3.8, 4) is 11.1 Å². The van der Waals surface area contributed by atoms with Crippen molar-refractivity contribution < 1.29 is 26.8 Å². The number of benzene rings is 3. The summed E-state index contributed by atoms with van der Waals surface area (Å²) in [6.07, 6.45) is 1.03. The Bertz CT molecular complexity index is 1580. The van der Waals surface area contributed by atoms with Gasteiger partial charge in [0.1, 0.15) is 17.3 Å². The van der Waals surface area contributed by atoms with Gasteiger partial charge in [-0.25, -0.2) is 17.2 Å². The predicted octanol–water partition coefficient (Wildman–Crippen LogP) is 4.10. The Morgan fingerprint density at radius 1 is 0.886 bits per heavy atom. The summed E-state index contributed by atoms with van der Waals surface area (Å²) in [5.41, 5.74) is 1.74. The molecule has 0 atom stereocenters. The predicted molar refractivity (Wildman–Crippen MR) is 130 cm³/mol. The molecule has 1 heterocycles. The molecule has 11 heteroatoms. The maximum Gasteiger partial charge on any atom is 0.272 e. The van der Waals surface area contributed by atoms with Crippen LogP contribution >= 0.6 is 0 Å². The van der Waals surface area contributed by atoms with Gasteiger partial charge in [-0.2, -0.15) is 0 Å². The summed E-state index contributed by atoms with van der Waals surface area (Å²) in [4.78, 5) is 28.1. The lowest BCUT2D eigenvalue weighted by Crippen LogP contribution is -2.19. The van der Waals surface area contributed by atoms with Gasteiger partial charge in [-0.1, -0.05) is 6.07 Å². The van der Waals surface area contributed by atoms with Crippen LogP contribution in [0.1, 0.15) is 20.8 Å². The van der Waals surface area contributed by atoms with E-state index in [0.717, 1.165) is 18.4 Å². The number of anilines is 2. The highest BCUT2D eigenvalue weighted by molar-refractivity contribution is 7.92. The molecule has 0 unspecified atom stereocenters. The zero-order valence-corrected chi connectivity index (χ0v) is 19.4. The van der Waals surface area contributed by atoms with E-state index in [1.807, 2.05) is 0 Å². The van der Waals surface area contributed by atoms with Gasteiger partial charge in [0, 0.05) is 40.8 Å². The number of H-pyrrole nitrogens is 1. The maximum atomic E-state index is 14.4. The molecule has 4 aromatic rings. The van der Waals surface area contributed by atoms with E-state index in [0.29, 0.717) is 16.6 Å². The highest BCUT2D eigenvalue weighted by Gasteiger charge is 2.16. The Kier molecular flexibility index (Phi) is 6.27. The summed E-state index contributed by atoms with van der Waals surface area (Å²) in [5, 5.41) is 5.82. The molecule has 0 aliphatic carbocycles. The summed E-state index contributed by atoms with van der Waals surface area (Å²) in [6, 6.07) is 13.8. The van der Waals surface area contributed by atoms with Crippen LogP contribution in [0.3, 0.4) is 0 Å². The number of sulfonamides is 1. The van der Waals surface area contributed by atoms with Crippen molar-refractivity contribution in [2.45, 2.75) is 0 Å². The number of rotatable bonds is 6. The Morgan fingerprint density at radius 2 is 1.66 bits per heavy atom. The summed E-state index contributed by atoms with van der Waals surface area (Å²) in [7, 11) is -2.03. The van der Waals surface area contributed by atoms with Crippen LogP contribution in [0.15, 0.2) is 60.7 Å². The highest BCUT2D eigenvalue weighted by Crippen LogP contribution is 2.28. The van der Waals surface area contributed by atoms with Crippen LogP contribution in [-0.4, -0.2) is 38.5 Å². The number of carbonyl (C=O) groups excluding carboxylic acids is 2. The molecule has 0 bridgehead atoms. The minimum atomic E-state index is -3.47. The smallest absolute Gasteiger partial charge is 0.272 e. The molecule has 0 aliphatic rings. The van der Waals surface area contributed by atoms with E-state index in [1.165, 1.54) is 31.3 Å². The van der Waals surface area contributed by atoms with Gasteiger partial charge < -0.3 is 15.6 Å². The summed E-state index contributed by atoms with van der Waals surface area (Å²) in [5.74, 6) is -2.55.